The van der Waals surface area contributed by atoms with Crippen molar-refractivity contribution in [3.05, 3.63) is 59.6 Å². The van der Waals surface area contributed by atoms with Crippen LogP contribution in [0.25, 0.3) is 32.9 Å². The molecule has 47 heavy (non-hydrogen) atoms. The monoisotopic (exact) mass is 651 g/mol. The quantitative estimate of drug-likeness (QED) is 0.191. The molecule has 0 radical (unpaired) electrons. The van der Waals surface area contributed by atoms with Crippen LogP contribution < -0.4 is 9.64 Å². The summed E-state index contributed by atoms with van der Waals surface area (Å²) in [5, 5.41) is 12.3. The van der Waals surface area contributed by atoms with Crippen molar-refractivity contribution in [2.75, 3.05) is 37.7 Å². The second-order valence-electron chi connectivity index (χ2n) is 12.2. The second-order valence-corrected chi connectivity index (χ2v) is 12.2. The zero-order valence-corrected chi connectivity index (χ0v) is 26.6. The molecule has 12 heteroatoms. The number of aryl methyl sites for hydroxylation is 1. The molecule has 6 rings (SSSR count). The van der Waals surface area contributed by atoms with E-state index in [1.807, 2.05) is 25.1 Å². The Morgan fingerprint density at radius 1 is 1.13 bits per heavy atom. The number of halogens is 4. The van der Waals surface area contributed by atoms with Crippen LogP contribution in [0, 0.1) is 5.82 Å². The highest BCUT2D eigenvalue weighted by Crippen LogP contribution is 2.39. The van der Waals surface area contributed by atoms with Crippen molar-refractivity contribution in [2.45, 2.75) is 64.6 Å². The smallest absolute Gasteiger partial charge is 0.454 e. The van der Waals surface area contributed by atoms with Crippen LogP contribution in [-0.4, -0.2) is 75.2 Å². The molecule has 2 aliphatic heterocycles. The number of phenols is 1. The lowest BCUT2D eigenvalue weighted by Crippen LogP contribution is -2.48. The molecule has 2 aromatic carbocycles. The average Bonchev–Trinajstić information content (AvgIpc) is 3.49. The number of fused-ring (bicyclic) bond motifs is 2. The molecule has 4 heterocycles. The highest BCUT2D eigenvalue weighted by molar-refractivity contribution is 6.02. The molecule has 0 bridgehead atoms. The molecule has 0 aliphatic carbocycles. The van der Waals surface area contributed by atoms with Crippen molar-refractivity contribution in [1.29, 1.82) is 0 Å². The maximum Gasteiger partial charge on any atom is 0.454 e. The summed E-state index contributed by atoms with van der Waals surface area (Å²) in [5.74, 6) is -2.40. The minimum absolute atomic E-state index is 0.00974. The Bertz CT molecular complexity index is 1880. The Balaban J connectivity index is 1.48. The number of anilines is 1. The molecule has 1 fully saturated rings. The Morgan fingerprint density at radius 3 is 2.62 bits per heavy atom. The maximum atomic E-state index is 16.8. The lowest BCUT2D eigenvalue weighted by molar-refractivity contribution is -0.166. The molecule has 4 aromatic rings. The number of hydrogen-bond acceptors (Lipinski definition) is 8. The van der Waals surface area contributed by atoms with Gasteiger partial charge in [0.25, 0.3) is 5.78 Å². The summed E-state index contributed by atoms with van der Waals surface area (Å²) in [7, 11) is 0. The van der Waals surface area contributed by atoms with E-state index in [0.717, 1.165) is 48.7 Å². The van der Waals surface area contributed by atoms with Gasteiger partial charge in [0.2, 0.25) is 0 Å². The minimum Gasteiger partial charge on any atom is -0.508 e. The van der Waals surface area contributed by atoms with Crippen LogP contribution in [0.4, 0.5) is 23.4 Å². The van der Waals surface area contributed by atoms with Crippen LogP contribution in [0.1, 0.15) is 52.0 Å². The number of phenolic OH excluding ortho intramolecular Hbond substituents is 1. The van der Waals surface area contributed by atoms with Crippen molar-refractivity contribution in [3.63, 3.8) is 0 Å². The van der Waals surface area contributed by atoms with Gasteiger partial charge in [-0.15, -0.1) is 0 Å². The molecule has 1 saturated heterocycles. The molecule has 0 spiro atoms. The van der Waals surface area contributed by atoms with Gasteiger partial charge in [-0.3, -0.25) is 14.7 Å². The third-order valence-electron chi connectivity index (χ3n) is 9.64. The summed E-state index contributed by atoms with van der Waals surface area (Å²) in [5.41, 5.74) is 0.744. The predicted octanol–water partition coefficient (Wildman–Crippen LogP) is 7.16. The van der Waals surface area contributed by atoms with Gasteiger partial charge in [-0.25, -0.2) is 4.39 Å². The highest BCUT2D eigenvalue weighted by atomic mass is 19.4. The average molecular weight is 652 g/mol. The molecule has 0 amide bonds. The molecule has 2 aromatic heterocycles. The number of rotatable bonds is 9. The normalized spacial score (nSPS) is 19.0. The van der Waals surface area contributed by atoms with Gasteiger partial charge in [-0.1, -0.05) is 45.0 Å². The number of Topliss-reactive ketones (excluding diaryl/α,β-unsaturated/α-hetero) is 1. The fourth-order valence-electron chi connectivity index (χ4n) is 7.09. The fourth-order valence-corrected chi connectivity index (χ4v) is 7.09. The molecule has 248 valence electrons. The number of carbonyl (C=O) groups excluding carboxylic acids is 1. The number of alkyl halides is 3. The number of likely N-dealkylation sites (tertiary alicyclic amines) is 1. The lowest BCUT2D eigenvalue weighted by atomic mass is 9.94. The maximum absolute atomic E-state index is 16.8. The van der Waals surface area contributed by atoms with Crippen molar-refractivity contribution in [2.24, 2.45) is 0 Å². The molecule has 1 N–H and O–H groups in total. The molecule has 1 atom stereocenters. The number of likely N-dealkylation sites (N-methyl/N-ethyl adjacent to an activating group) is 1. The first-order valence-corrected chi connectivity index (χ1v) is 16.0. The number of nitrogens with zero attached hydrogens (tertiary/aromatic N) is 5. The van der Waals surface area contributed by atoms with Crippen LogP contribution in [0.2, 0.25) is 0 Å². The van der Waals surface area contributed by atoms with E-state index in [9.17, 15) is 23.1 Å². The summed E-state index contributed by atoms with van der Waals surface area (Å²) >= 11 is 0. The molecular weight excluding hydrogens is 614 g/mol. The van der Waals surface area contributed by atoms with Crippen molar-refractivity contribution >= 4 is 33.3 Å². The molecule has 0 saturated carbocycles. The first-order chi connectivity index (χ1) is 22.5. The number of hydrogen-bond donors (Lipinski definition) is 1. The number of carbonyl (C=O) groups is 1. The highest BCUT2D eigenvalue weighted by Gasteiger charge is 2.42. The van der Waals surface area contributed by atoms with Gasteiger partial charge < -0.3 is 14.7 Å². The third-order valence-corrected chi connectivity index (χ3v) is 9.64. The van der Waals surface area contributed by atoms with Crippen molar-refractivity contribution in [1.82, 2.24) is 19.9 Å². The first kappa shape index (κ1) is 32.6. The Morgan fingerprint density at radius 2 is 1.94 bits per heavy atom. The fraction of sp³-hybridized carbons (Fsp3) is 0.429. The van der Waals surface area contributed by atoms with Gasteiger partial charge in [0.1, 0.15) is 29.4 Å². The standard InChI is InChI=1S/C35H37F4N5O3/c1-4-21-9-7-10-23-17-24(45)18-25(27(21)23)29-28(36)30-26(19-40-29)32(43-15-11-22(12-16-43)31(46)35(37,38)39)42-33(41-30)47-20-34(5-2)13-8-14-44(34)6-3/h7,9-11,17-19,45H,4-6,8,12-16,20H2,1-3H3. The van der Waals surface area contributed by atoms with E-state index in [1.54, 1.807) is 11.0 Å². The van der Waals surface area contributed by atoms with Crippen molar-refractivity contribution in [3.8, 4) is 23.0 Å². The Labute approximate surface area is 270 Å². The largest absolute Gasteiger partial charge is 0.508 e. The summed E-state index contributed by atoms with van der Waals surface area (Å²) in [6.07, 6.45) is 1.02. The van der Waals surface area contributed by atoms with Gasteiger partial charge in [0.15, 0.2) is 5.82 Å². The van der Waals surface area contributed by atoms with Gasteiger partial charge in [-0.05, 0) is 73.7 Å². The second kappa shape index (κ2) is 12.7. The lowest BCUT2D eigenvalue weighted by Gasteiger charge is -2.36. The number of aromatic hydroxyl groups is 1. The number of aromatic nitrogens is 3. The van der Waals surface area contributed by atoms with E-state index in [1.165, 1.54) is 18.3 Å². The van der Waals surface area contributed by atoms with Crippen LogP contribution >= 0.6 is 0 Å². The van der Waals surface area contributed by atoms with E-state index < -0.39 is 17.8 Å². The number of ether oxygens (including phenoxy) is 1. The van der Waals surface area contributed by atoms with E-state index in [4.69, 9.17) is 4.74 Å². The van der Waals surface area contributed by atoms with E-state index in [2.05, 4.69) is 33.7 Å². The predicted molar refractivity (Wildman–Crippen MR) is 172 cm³/mol. The van der Waals surface area contributed by atoms with Gasteiger partial charge in [0, 0.05) is 30.4 Å². The van der Waals surface area contributed by atoms with Gasteiger partial charge >= 0.3 is 12.2 Å². The van der Waals surface area contributed by atoms with E-state index in [0.29, 0.717) is 12.0 Å². The first-order valence-electron chi connectivity index (χ1n) is 16.0. The molecule has 8 nitrogen and oxygen atoms in total. The van der Waals surface area contributed by atoms with Gasteiger partial charge in [-0.2, -0.15) is 23.1 Å². The van der Waals surface area contributed by atoms with Crippen LogP contribution in [0.3, 0.4) is 0 Å². The topological polar surface area (TPSA) is 91.7 Å². The number of benzene rings is 2. The molecular formula is C35H37F4N5O3. The summed E-state index contributed by atoms with van der Waals surface area (Å²) in [6.45, 7) is 8.26. The number of pyridine rings is 1. The van der Waals surface area contributed by atoms with Crippen LogP contribution in [-0.2, 0) is 11.2 Å². The Kier molecular flexibility index (Phi) is 8.82. The summed E-state index contributed by atoms with van der Waals surface area (Å²) in [6, 6.07) is 8.72. The van der Waals surface area contributed by atoms with Crippen LogP contribution in [0.5, 0.6) is 11.8 Å². The SMILES string of the molecule is CCc1cccc2cc(O)cc(-c3ncc4c(N5CC=C(C(=O)C(F)(F)F)CC5)nc(OCC5(CC)CCCN5CC)nc4c3F)c12. The summed E-state index contributed by atoms with van der Waals surface area (Å²) in [4.78, 5) is 29.6. The number of ketones is 1. The minimum atomic E-state index is -4.96. The third kappa shape index (κ3) is 5.99. The summed E-state index contributed by atoms with van der Waals surface area (Å²) < 4.78 is 62.4. The van der Waals surface area contributed by atoms with Crippen molar-refractivity contribution < 1.29 is 32.2 Å². The van der Waals surface area contributed by atoms with Gasteiger partial charge in [0.05, 0.1) is 10.9 Å². The zero-order chi connectivity index (χ0) is 33.5. The zero-order valence-electron chi connectivity index (χ0n) is 26.6. The van der Waals surface area contributed by atoms with E-state index in [-0.39, 0.29) is 71.4 Å². The van der Waals surface area contributed by atoms with Crippen LogP contribution in [0.15, 0.2) is 48.2 Å². The Hall–Kier alpha value is -4.32. The van der Waals surface area contributed by atoms with E-state index >= 15 is 4.39 Å². The molecule has 2 aliphatic rings. The molecule has 1 unspecified atom stereocenters.